The van der Waals surface area contributed by atoms with Crippen LogP contribution in [0.25, 0.3) is 5.69 Å². The van der Waals surface area contributed by atoms with Crippen molar-refractivity contribution in [3.05, 3.63) is 92.5 Å². The number of rotatable bonds is 3. The molecule has 0 amide bonds. The molecule has 1 aliphatic carbocycles. The first-order chi connectivity index (χ1) is 16.8. The number of alkyl halides is 3. The number of nitrogens with zero attached hydrogens (tertiary/aromatic N) is 2. The largest absolute Gasteiger partial charge is 0.433 e. The number of H-pyrrole nitrogens is 1. The van der Waals surface area contributed by atoms with E-state index < -0.39 is 52.5 Å². The van der Waals surface area contributed by atoms with Crippen molar-refractivity contribution in [2.24, 2.45) is 5.92 Å². The Labute approximate surface area is 210 Å². The quantitative estimate of drug-likeness (QED) is 0.473. The molecule has 1 aliphatic heterocycles. The first-order valence-electron chi connectivity index (χ1n) is 11.4. The van der Waals surface area contributed by atoms with Gasteiger partial charge in [0.1, 0.15) is 5.69 Å². The molecule has 2 aromatic carbocycles. The summed E-state index contributed by atoms with van der Waals surface area (Å²) in [6.45, 7) is 3.94. The molecule has 0 radical (unpaired) electrons. The first-order valence-corrected chi connectivity index (χ1v) is 11.8. The lowest BCUT2D eigenvalue weighted by Crippen LogP contribution is -2.54. The van der Waals surface area contributed by atoms with Gasteiger partial charge < -0.3 is 15.1 Å². The smallest absolute Gasteiger partial charge is 0.392 e. The van der Waals surface area contributed by atoms with Crippen LogP contribution in [0.2, 0.25) is 5.02 Å². The van der Waals surface area contributed by atoms with Crippen LogP contribution >= 0.6 is 11.6 Å². The number of likely N-dealkylation sites (N-methyl/N-ethyl adjacent to an activating group) is 1. The number of aromatic amines is 1. The van der Waals surface area contributed by atoms with E-state index >= 15 is 0 Å². The van der Waals surface area contributed by atoms with Gasteiger partial charge in [-0.2, -0.15) is 13.2 Å². The number of aliphatic hydroxyl groups excluding tert-OH is 2. The monoisotopic (exact) mass is 519 g/mol. The number of nitrogens with one attached hydrogen (secondary N) is 1. The van der Waals surface area contributed by atoms with Gasteiger partial charge in [-0.05, 0) is 35.9 Å². The minimum atomic E-state index is -4.88. The second kappa shape index (κ2) is 8.26. The van der Waals surface area contributed by atoms with Crippen LogP contribution < -0.4 is 10.5 Å². The number of hydrogen-bond acceptors (Lipinski definition) is 4. The van der Waals surface area contributed by atoms with E-state index in [1.807, 2.05) is 37.9 Å². The molecular formula is C26H25ClF3N3O3. The van der Waals surface area contributed by atoms with Crippen molar-refractivity contribution in [3.63, 3.8) is 0 Å². The van der Waals surface area contributed by atoms with E-state index in [4.69, 9.17) is 11.6 Å². The number of anilines is 1. The van der Waals surface area contributed by atoms with Gasteiger partial charge in [0.25, 0.3) is 5.56 Å². The van der Waals surface area contributed by atoms with Gasteiger partial charge in [0.15, 0.2) is 0 Å². The average Bonchev–Trinajstić information content (AvgIpc) is 3.24. The van der Waals surface area contributed by atoms with E-state index in [2.05, 4.69) is 5.10 Å². The highest BCUT2D eigenvalue weighted by Gasteiger charge is 2.55. The zero-order chi connectivity index (χ0) is 26.2. The van der Waals surface area contributed by atoms with Gasteiger partial charge in [-0.1, -0.05) is 49.7 Å². The van der Waals surface area contributed by atoms with Crippen molar-refractivity contribution in [1.82, 2.24) is 9.78 Å². The van der Waals surface area contributed by atoms with E-state index in [0.717, 1.165) is 21.6 Å². The van der Waals surface area contributed by atoms with E-state index in [0.29, 0.717) is 5.02 Å². The Morgan fingerprint density at radius 3 is 2.33 bits per heavy atom. The molecule has 2 heterocycles. The number of hydrogen-bond donors (Lipinski definition) is 3. The summed E-state index contributed by atoms with van der Waals surface area (Å²) >= 11 is 6.19. The van der Waals surface area contributed by atoms with Gasteiger partial charge in [-0.15, -0.1) is 0 Å². The number of aromatic nitrogens is 2. The molecule has 0 spiro atoms. The summed E-state index contributed by atoms with van der Waals surface area (Å²) in [5.41, 5.74) is -0.570. The maximum absolute atomic E-state index is 13.9. The van der Waals surface area contributed by atoms with Crippen molar-refractivity contribution in [2.75, 3.05) is 11.9 Å². The topological polar surface area (TPSA) is 81.5 Å². The summed E-state index contributed by atoms with van der Waals surface area (Å²) in [5.74, 6) is -2.26. The zero-order valence-corrected chi connectivity index (χ0v) is 20.5. The Balaban J connectivity index is 1.53. The fourth-order valence-corrected chi connectivity index (χ4v) is 5.67. The molecule has 2 unspecified atom stereocenters. The van der Waals surface area contributed by atoms with Crippen LogP contribution in [-0.4, -0.2) is 39.2 Å². The lowest BCUT2D eigenvalue weighted by atomic mass is 9.64. The highest BCUT2D eigenvalue weighted by atomic mass is 35.5. The summed E-state index contributed by atoms with van der Waals surface area (Å²) < 4.78 is 42.5. The van der Waals surface area contributed by atoms with E-state index in [1.165, 1.54) is 12.1 Å². The highest BCUT2D eigenvalue weighted by Crippen LogP contribution is 2.51. The summed E-state index contributed by atoms with van der Waals surface area (Å²) in [7, 11) is 1.84. The van der Waals surface area contributed by atoms with Gasteiger partial charge in [-0.25, -0.2) is 4.68 Å². The summed E-state index contributed by atoms with van der Waals surface area (Å²) in [6, 6.07) is 13.3. The third kappa shape index (κ3) is 3.60. The van der Waals surface area contributed by atoms with Gasteiger partial charge in [0.2, 0.25) is 0 Å². The molecular weight excluding hydrogens is 495 g/mol. The van der Waals surface area contributed by atoms with Gasteiger partial charge in [0.05, 0.1) is 23.5 Å². The zero-order valence-electron chi connectivity index (χ0n) is 19.7. The van der Waals surface area contributed by atoms with Crippen LogP contribution in [0.15, 0.2) is 65.1 Å². The fourth-order valence-electron chi connectivity index (χ4n) is 5.50. The molecule has 5 rings (SSSR count). The van der Waals surface area contributed by atoms with Crippen LogP contribution in [0.3, 0.4) is 0 Å². The van der Waals surface area contributed by atoms with E-state index in [9.17, 15) is 28.2 Å². The van der Waals surface area contributed by atoms with Crippen molar-refractivity contribution in [2.45, 2.75) is 43.6 Å². The number of aliphatic hydroxyl groups is 2. The van der Waals surface area contributed by atoms with Crippen LogP contribution in [0.1, 0.15) is 36.6 Å². The van der Waals surface area contributed by atoms with Gasteiger partial charge in [0, 0.05) is 40.7 Å². The van der Waals surface area contributed by atoms with E-state index in [1.54, 1.807) is 30.3 Å². The number of fused-ring (bicyclic) bond motifs is 1. The molecule has 190 valence electrons. The molecule has 36 heavy (non-hydrogen) atoms. The van der Waals surface area contributed by atoms with Crippen molar-refractivity contribution in [1.29, 1.82) is 0 Å². The standard InChI is InChI=1S/C26H25ClF3N3O3/c1-25(2)16-11-13(27)9-10-17(16)32(3)18(25)12-15-21(34)19(22(15)35)20-23(26(28,29)30)31-33(24(20)36)14-7-5-4-6-8-14/h4-12,15,19,21-22,31,34-35H,1-3H3. The lowest BCUT2D eigenvalue weighted by Gasteiger charge is -2.45. The molecule has 3 N–H and O–H groups in total. The predicted molar refractivity (Wildman–Crippen MR) is 131 cm³/mol. The second-order valence-electron chi connectivity index (χ2n) is 9.86. The Bertz CT molecular complexity index is 1400. The third-order valence-corrected chi connectivity index (χ3v) is 7.66. The number of halogens is 4. The fraction of sp³-hybridized carbons (Fsp3) is 0.346. The minimum absolute atomic E-state index is 0.215. The van der Waals surface area contributed by atoms with Gasteiger partial charge in [-0.3, -0.25) is 9.89 Å². The number of allylic oxidation sites excluding steroid dienone is 1. The number of benzene rings is 2. The number of para-hydroxylation sites is 1. The molecule has 3 aromatic rings. The average molecular weight is 520 g/mol. The van der Waals surface area contributed by atoms with Crippen LogP contribution in [-0.2, 0) is 11.6 Å². The van der Waals surface area contributed by atoms with Crippen molar-refractivity contribution < 1.29 is 23.4 Å². The van der Waals surface area contributed by atoms with E-state index in [-0.39, 0.29) is 5.69 Å². The van der Waals surface area contributed by atoms with Crippen molar-refractivity contribution >= 4 is 17.3 Å². The van der Waals surface area contributed by atoms with Gasteiger partial charge >= 0.3 is 6.18 Å². The van der Waals surface area contributed by atoms with Crippen LogP contribution in [0, 0.1) is 5.92 Å². The first kappa shape index (κ1) is 24.7. The maximum Gasteiger partial charge on any atom is 0.433 e. The molecule has 1 fully saturated rings. The predicted octanol–water partition coefficient (Wildman–Crippen LogP) is 4.58. The molecule has 1 aromatic heterocycles. The Kier molecular flexibility index (Phi) is 5.66. The van der Waals surface area contributed by atoms with Crippen molar-refractivity contribution in [3.8, 4) is 5.69 Å². The molecule has 0 saturated heterocycles. The van der Waals surface area contributed by atoms with Crippen LogP contribution in [0.5, 0.6) is 0 Å². The molecule has 6 nitrogen and oxygen atoms in total. The van der Waals surface area contributed by atoms with Crippen LogP contribution in [0.4, 0.5) is 18.9 Å². The Morgan fingerprint density at radius 1 is 1.08 bits per heavy atom. The molecule has 2 aliphatic rings. The Morgan fingerprint density at radius 2 is 1.72 bits per heavy atom. The summed E-state index contributed by atoms with van der Waals surface area (Å²) in [4.78, 5) is 15.0. The maximum atomic E-state index is 13.9. The molecule has 2 atom stereocenters. The molecule has 10 heteroatoms. The molecule has 0 bridgehead atoms. The lowest BCUT2D eigenvalue weighted by molar-refractivity contribution is -0.145. The summed E-state index contributed by atoms with van der Waals surface area (Å²) in [6.07, 6.45) is -5.97. The Hall–Kier alpha value is -3.01. The molecule has 1 saturated carbocycles. The normalized spacial score (nSPS) is 26.2. The summed E-state index contributed by atoms with van der Waals surface area (Å²) in [5, 5.41) is 24.7. The third-order valence-electron chi connectivity index (χ3n) is 7.43. The minimum Gasteiger partial charge on any atom is -0.392 e. The highest BCUT2D eigenvalue weighted by molar-refractivity contribution is 6.30. The second-order valence-corrected chi connectivity index (χ2v) is 10.3. The SMILES string of the molecule is CN1C(=CC2C(O)C(c3c(C(F)(F)F)[nH]n(-c4ccccc4)c3=O)C2O)C(C)(C)c2cc(Cl)ccc21.